The Hall–Kier alpha value is -2.04. The minimum Gasteiger partial charge on any atom is -0.385 e. The summed E-state index contributed by atoms with van der Waals surface area (Å²) in [5.74, 6) is 0.833. The van der Waals surface area contributed by atoms with Crippen LogP contribution in [0.1, 0.15) is 12.0 Å². The van der Waals surface area contributed by atoms with Crippen LogP contribution >= 0.6 is 11.8 Å². The minimum absolute atomic E-state index is 0.126. The Morgan fingerprint density at radius 2 is 1.87 bits per heavy atom. The van der Waals surface area contributed by atoms with Gasteiger partial charge in [0, 0.05) is 30.4 Å². The van der Waals surface area contributed by atoms with Crippen LogP contribution in [0.5, 0.6) is 0 Å². The van der Waals surface area contributed by atoms with Crippen molar-refractivity contribution in [2.75, 3.05) is 24.8 Å². The van der Waals surface area contributed by atoms with Crippen molar-refractivity contribution < 1.29 is 9.53 Å². The van der Waals surface area contributed by atoms with E-state index in [0.717, 1.165) is 34.9 Å². The van der Waals surface area contributed by atoms with Crippen LogP contribution < -0.4 is 5.32 Å². The highest BCUT2D eigenvalue weighted by molar-refractivity contribution is 7.99. The van der Waals surface area contributed by atoms with Gasteiger partial charge in [-0.2, -0.15) is 0 Å². The molecule has 0 fully saturated rings. The maximum absolute atomic E-state index is 12.1. The van der Waals surface area contributed by atoms with Crippen LogP contribution in [0.25, 0.3) is 6.08 Å². The highest BCUT2D eigenvalue weighted by Crippen LogP contribution is 2.27. The van der Waals surface area contributed by atoms with E-state index in [0.29, 0.717) is 0 Å². The molecule has 0 unspecified atom stereocenters. The predicted octanol–water partition coefficient (Wildman–Crippen LogP) is 4.47. The summed E-state index contributed by atoms with van der Waals surface area (Å²) in [6, 6.07) is 17.6. The van der Waals surface area contributed by atoms with E-state index in [2.05, 4.69) is 5.32 Å². The zero-order valence-electron chi connectivity index (χ0n) is 13.2. The molecule has 0 atom stereocenters. The summed E-state index contributed by atoms with van der Waals surface area (Å²) in [7, 11) is 1.71. The van der Waals surface area contributed by atoms with Crippen LogP contribution in [0.15, 0.2) is 65.6 Å². The number of carbonyl (C=O) groups excluding carboxylic acids is 1. The van der Waals surface area contributed by atoms with Gasteiger partial charge in [-0.3, -0.25) is 4.79 Å². The van der Waals surface area contributed by atoms with Gasteiger partial charge in [0.2, 0.25) is 5.91 Å². The number of nitrogens with one attached hydrogen (secondary N) is 1. The van der Waals surface area contributed by atoms with Gasteiger partial charge in [0.25, 0.3) is 0 Å². The number of hydrogen-bond acceptors (Lipinski definition) is 3. The van der Waals surface area contributed by atoms with Crippen LogP contribution in [0.3, 0.4) is 0 Å². The van der Waals surface area contributed by atoms with Crippen LogP contribution in [0, 0.1) is 0 Å². The van der Waals surface area contributed by atoms with Crippen molar-refractivity contribution in [1.29, 1.82) is 0 Å². The zero-order chi connectivity index (χ0) is 16.3. The smallest absolute Gasteiger partial charge is 0.248 e. The van der Waals surface area contributed by atoms with Gasteiger partial charge < -0.3 is 10.1 Å². The number of ether oxygens (including phenoxy) is 1. The molecule has 0 saturated carbocycles. The summed E-state index contributed by atoms with van der Waals surface area (Å²) in [6.45, 7) is 0.751. The molecule has 0 radical (unpaired) electrons. The van der Waals surface area contributed by atoms with Crippen LogP contribution in [0.2, 0.25) is 0 Å². The largest absolute Gasteiger partial charge is 0.385 e. The molecular formula is C19H21NO2S. The van der Waals surface area contributed by atoms with E-state index < -0.39 is 0 Å². The molecule has 1 amide bonds. The first kappa shape index (κ1) is 17.3. The lowest BCUT2D eigenvalue weighted by Gasteiger charge is -2.09. The highest BCUT2D eigenvalue weighted by Gasteiger charge is 2.04. The number of anilines is 1. The quantitative estimate of drug-likeness (QED) is 0.442. The van der Waals surface area contributed by atoms with Crippen molar-refractivity contribution in [3.63, 3.8) is 0 Å². The summed E-state index contributed by atoms with van der Waals surface area (Å²) < 4.78 is 5.06. The average Bonchev–Trinajstić information content (AvgIpc) is 2.59. The lowest BCUT2D eigenvalue weighted by Crippen LogP contribution is -2.08. The molecule has 120 valence electrons. The number of rotatable bonds is 8. The number of amides is 1. The molecule has 1 N–H and O–H groups in total. The number of para-hydroxylation sites is 1. The van der Waals surface area contributed by atoms with E-state index >= 15 is 0 Å². The lowest BCUT2D eigenvalue weighted by molar-refractivity contribution is -0.111. The SMILES string of the molecule is COCCCSc1ccccc1NC(=O)/C=C/c1ccccc1. The lowest BCUT2D eigenvalue weighted by atomic mass is 10.2. The number of thioether (sulfide) groups is 1. The van der Waals surface area contributed by atoms with Crippen molar-refractivity contribution in [3.05, 3.63) is 66.2 Å². The van der Waals surface area contributed by atoms with Crippen molar-refractivity contribution in [3.8, 4) is 0 Å². The van der Waals surface area contributed by atoms with Crippen molar-refractivity contribution >= 4 is 29.4 Å². The Balaban J connectivity index is 1.93. The van der Waals surface area contributed by atoms with Gasteiger partial charge >= 0.3 is 0 Å². The monoisotopic (exact) mass is 327 g/mol. The molecule has 0 bridgehead atoms. The van der Waals surface area contributed by atoms with Gasteiger partial charge in [-0.15, -0.1) is 11.8 Å². The fourth-order valence-corrected chi connectivity index (χ4v) is 2.92. The number of methoxy groups -OCH3 is 1. The predicted molar refractivity (Wildman–Crippen MR) is 97.8 cm³/mol. The Bertz CT molecular complexity index is 641. The van der Waals surface area contributed by atoms with E-state index in [1.165, 1.54) is 0 Å². The summed E-state index contributed by atoms with van der Waals surface area (Å²) in [4.78, 5) is 13.2. The molecule has 0 aliphatic rings. The van der Waals surface area contributed by atoms with Crippen molar-refractivity contribution in [1.82, 2.24) is 0 Å². The van der Waals surface area contributed by atoms with E-state index in [1.807, 2.05) is 60.7 Å². The molecule has 2 aromatic carbocycles. The molecule has 0 saturated heterocycles. The van der Waals surface area contributed by atoms with Gasteiger partial charge in [0.05, 0.1) is 5.69 Å². The molecule has 0 aliphatic heterocycles. The standard InChI is InChI=1S/C19H21NO2S/c1-22-14-7-15-23-18-11-6-5-10-17(18)20-19(21)13-12-16-8-3-2-4-9-16/h2-6,8-13H,7,14-15H2,1H3,(H,20,21)/b13-12+. The van der Waals surface area contributed by atoms with E-state index in [-0.39, 0.29) is 5.91 Å². The maximum atomic E-state index is 12.1. The first-order valence-corrected chi connectivity index (χ1v) is 8.53. The summed E-state index contributed by atoms with van der Waals surface area (Å²) in [5, 5.41) is 2.94. The molecule has 4 heteroatoms. The Labute approximate surface area is 141 Å². The first-order chi connectivity index (χ1) is 11.3. The molecule has 2 aromatic rings. The molecular weight excluding hydrogens is 306 g/mol. The summed E-state index contributed by atoms with van der Waals surface area (Å²) >= 11 is 1.72. The first-order valence-electron chi connectivity index (χ1n) is 7.54. The molecule has 0 heterocycles. The van der Waals surface area contributed by atoms with Gasteiger partial charge in [-0.05, 0) is 30.2 Å². The second-order valence-corrected chi connectivity index (χ2v) is 6.06. The summed E-state index contributed by atoms with van der Waals surface area (Å²) in [5.41, 5.74) is 1.85. The normalized spacial score (nSPS) is 10.8. The van der Waals surface area contributed by atoms with Crippen molar-refractivity contribution in [2.45, 2.75) is 11.3 Å². The average molecular weight is 327 g/mol. The Kier molecular flexibility index (Phi) is 7.43. The van der Waals surface area contributed by atoms with E-state index in [4.69, 9.17) is 4.74 Å². The Morgan fingerprint density at radius 3 is 2.65 bits per heavy atom. The minimum atomic E-state index is -0.126. The maximum Gasteiger partial charge on any atom is 0.248 e. The van der Waals surface area contributed by atoms with Gasteiger partial charge in [0.15, 0.2) is 0 Å². The fraction of sp³-hybridized carbons (Fsp3) is 0.211. The van der Waals surface area contributed by atoms with Gasteiger partial charge in [0.1, 0.15) is 0 Å². The molecule has 2 rings (SSSR count). The third kappa shape index (κ3) is 6.30. The van der Waals surface area contributed by atoms with Gasteiger partial charge in [-0.1, -0.05) is 42.5 Å². The van der Waals surface area contributed by atoms with E-state index in [1.54, 1.807) is 24.9 Å². The number of hydrogen-bond donors (Lipinski definition) is 1. The van der Waals surface area contributed by atoms with Crippen molar-refractivity contribution in [2.24, 2.45) is 0 Å². The highest BCUT2D eigenvalue weighted by atomic mass is 32.2. The van der Waals surface area contributed by atoms with E-state index in [9.17, 15) is 4.79 Å². The fourth-order valence-electron chi connectivity index (χ4n) is 1.99. The van der Waals surface area contributed by atoms with Gasteiger partial charge in [-0.25, -0.2) is 0 Å². The third-order valence-electron chi connectivity index (χ3n) is 3.12. The topological polar surface area (TPSA) is 38.3 Å². The molecule has 0 spiro atoms. The second-order valence-electron chi connectivity index (χ2n) is 4.92. The second kappa shape index (κ2) is 9.87. The third-order valence-corrected chi connectivity index (χ3v) is 4.28. The zero-order valence-corrected chi connectivity index (χ0v) is 14.0. The van der Waals surface area contributed by atoms with Crippen LogP contribution in [-0.4, -0.2) is 25.4 Å². The molecule has 3 nitrogen and oxygen atoms in total. The molecule has 0 aliphatic carbocycles. The number of carbonyl (C=O) groups is 1. The molecule has 23 heavy (non-hydrogen) atoms. The summed E-state index contributed by atoms with van der Waals surface area (Å²) in [6.07, 6.45) is 4.35. The Morgan fingerprint density at radius 1 is 1.13 bits per heavy atom. The van der Waals surface area contributed by atoms with Crippen LogP contribution in [0.4, 0.5) is 5.69 Å². The molecule has 0 aromatic heterocycles. The van der Waals surface area contributed by atoms with Crippen LogP contribution in [-0.2, 0) is 9.53 Å². The number of benzene rings is 2.